The highest BCUT2D eigenvalue weighted by atomic mass is 15.2. The molecule has 2 heterocycles. The first-order valence-corrected chi connectivity index (χ1v) is 7.58. The third-order valence-corrected chi connectivity index (χ3v) is 5.28. The molecule has 1 aromatic rings. The number of benzene rings is 1. The van der Waals surface area contributed by atoms with Crippen LogP contribution in [0.5, 0.6) is 0 Å². The Labute approximate surface area is 111 Å². The molecule has 0 aliphatic carbocycles. The molecule has 0 unspecified atom stereocenters. The van der Waals surface area contributed by atoms with Crippen LogP contribution in [-0.4, -0.2) is 24.0 Å². The Morgan fingerprint density at radius 1 is 1.17 bits per heavy atom. The second kappa shape index (κ2) is 5.05. The standard InChI is InChI=1S/C17H25N/c1-3-7-15-16(13-8-5-4-6-9-13)12-14-10-11-17(15)18(14)2/h4-6,8-9,14-17H,3,7,10-12H2,1-2H3/t14-,15-,16+,17+/m0/s1. The van der Waals surface area contributed by atoms with Gasteiger partial charge in [-0.05, 0) is 50.1 Å². The van der Waals surface area contributed by atoms with Crippen molar-refractivity contribution in [1.29, 1.82) is 0 Å². The van der Waals surface area contributed by atoms with Crippen molar-refractivity contribution in [1.82, 2.24) is 4.90 Å². The van der Waals surface area contributed by atoms with Gasteiger partial charge < -0.3 is 4.90 Å². The highest BCUT2D eigenvalue weighted by Crippen LogP contribution is 2.47. The van der Waals surface area contributed by atoms with E-state index in [9.17, 15) is 0 Å². The predicted octanol–water partition coefficient (Wildman–Crippen LogP) is 4.05. The first kappa shape index (κ1) is 12.2. The summed E-state index contributed by atoms with van der Waals surface area (Å²) in [5.74, 6) is 1.68. The van der Waals surface area contributed by atoms with Crippen LogP contribution in [0.4, 0.5) is 0 Å². The summed E-state index contributed by atoms with van der Waals surface area (Å²) in [5.41, 5.74) is 1.58. The zero-order chi connectivity index (χ0) is 12.5. The topological polar surface area (TPSA) is 3.24 Å². The Hall–Kier alpha value is -0.820. The second-order valence-electron chi connectivity index (χ2n) is 6.17. The minimum absolute atomic E-state index is 0.805. The van der Waals surface area contributed by atoms with Gasteiger partial charge in [-0.15, -0.1) is 0 Å². The van der Waals surface area contributed by atoms with Gasteiger partial charge in [0.1, 0.15) is 0 Å². The minimum atomic E-state index is 0.805. The van der Waals surface area contributed by atoms with E-state index in [1.807, 2.05) is 0 Å². The largest absolute Gasteiger partial charge is 0.300 e. The van der Waals surface area contributed by atoms with Crippen LogP contribution in [0.3, 0.4) is 0 Å². The minimum Gasteiger partial charge on any atom is -0.300 e. The lowest BCUT2D eigenvalue weighted by atomic mass is 9.74. The van der Waals surface area contributed by atoms with Crippen LogP contribution in [0.2, 0.25) is 0 Å². The fourth-order valence-corrected chi connectivity index (χ4v) is 4.39. The zero-order valence-corrected chi connectivity index (χ0v) is 11.7. The van der Waals surface area contributed by atoms with E-state index in [1.165, 1.54) is 32.1 Å². The van der Waals surface area contributed by atoms with Gasteiger partial charge in [-0.25, -0.2) is 0 Å². The van der Waals surface area contributed by atoms with Crippen molar-refractivity contribution >= 4 is 0 Å². The van der Waals surface area contributed by atoms with Crippen molar-refractivity contribution in [3.8, 4) is 0 Å². The van der Waals surface area contributed by atoms with Crippen LogP contribution in [0.15, 0.2) is 30.3 Å². The maximum Gasteiger partial charge on any atom is 0.0130 e. The summed E-state index contributed by atoms with van der Waals surface area (Å²) in [5, 5.41) is 0. The molecular weight excluding hydrogens is 218 g/mol. The molecule has 98 valence electrons. The Bertz CT molecular complexity index is 386. The van der Waals surface area contributed by atoms with Crippen LogP contribution in [0.1, 0.15) is 50.5 Å². The number of fused-ring (bicyclic) bond motifs is 2. The van der Waals surface area contributed by atoms with Gasteiger partial charge in [-0.1, -0.05) is 43.7 Å². The molecule has 0 N–H and O–H groups in total. The molecule has 2 saturated heterocycles. The van der Waals surface area contributed by atoms with Gasteiger partial charge in [0.2, 0.25) is 0 Å². The molecule has 4 atom stereocenters. The fourth-order valence-electron chi connectivity index (χ4n) is 4.39. The van der Waals surface area contributed by atoms with E-state index in [2.05, 4.69) is 49.2 Å². The average Bonchev–Trinajstić information content (AvgIpc) is 2.65. The van der Waals surface area contributed by atoms with Gasteiger partial charge >= 0.3 is 0 Å². The van der Waals surface area contributed by atoms with Crippen LogP contribution >= 0.6 is 0 Å². The van der Waals surface area contributed by atoms with Gasteiger partial charge in [-0.2, -0.15) is 0 Å². The van der Waals surface area contributed by atoms with Crippen LogP contribution in [0.25, 0.3) is 0 Å². The van der Waals surface area contributed by atoms with E-state index in [-0.39, 0.29) is 0 Å². The molecule has 1 nitrogen and oxygen atoms in total. The van der Waals surface area contributed by atoms with E-state index in [0.29, 0.717) is 0 Å². The predicted molar refractivity (Wildman–Crippen MR) is 76.8 cm³/mol. The molecule has 0 saturated carbocycles. The Balaban J connectivity index is 1.89. The quantitative estimate of drug-likeness (QED) is 0.774. The number of hydrogen-bond acceptors (Lipinski definition) is 1. The third-order valence-electron chi connectivity index (χ3n) is 5.28. The molecule has 2 aliphatic heterocycles. The van der Waals surface area contributed by atoms with E-state index in [4.69, 9.17) is 0 Å². The molecule has 0 aromatic heterocycles. The molecule has 18 heavy (non-hydrogen) atoms. The van der Waals surface area contributed by atoms with Crippen LogP contribution in [0, 0.1) is 5.92 Å². The average molecular weight is 243 g/mol. The third kappa shape index (κ3) is 1.99. The summed E-state index contributed by atoms with van der Waals surface area (Å²) in [7, 11) is 2.35. The second-order valence-corrected chi connectivity index (χ2v) is 6.17. The molecule has 0 radical (unpaired) electrons. The Kier molecular flexibility index (Phi) is 3.43. The highest BCUT2D eigenvalue weighted by molar-refractivity contribution is 5.23. The lowest BCUT2D eigenvalue weighted by molar-refractivity contribution is 0.0940. The summed E-state index contributed by atoms with van der Waals surface area (Å²) in [6.45, 7) is 2.34. The van der Waals surface area contributed by atoms with Gasteiger partial charge in [-0.3, -0.25) is 0 Å². The summed E-state index contributed by atoms with van der Waals surface area (Å²) in [6, 6.07) is 12.9. The molecular formula is C17H25N. The van der Waals surface area contributed by atoms with Gasteiger partial charge in [0.05, 0.1) is 0 Å². The molecule has 1 aromatic carbocycles. The first-order chi connectivity index (χ1) is 8.81. The molecule has 3 rings (SSSR count). The van der Waals surface area contributed by atoms with Crippen molar-refractivity contribution in [3.05, 3.63) is 35.9 Å². The maximum atomic E-state index is 2.68. The monoisotopic (exact) mass is 243 g/mol. The highest BCUT2D eigenvalue weighted by Gasteiger charge is 2.45. The first-order valence-electron chi connectivity index (χ1n) is 7.58. The molecule has 2 fully saturated rings. The smallest absolute Gasteiger partial charge is 0.0130 e. The molecule has 0 amide bonds. The zero-order valence-electron chi connectivity index (χ0n) is 11.7. The number of hydrogen-bond donors (Lipinski definition) is 0. The van der Waals surface area contributed by atoms with Crippen molar-refractivity contribution in [2.24, 2.45) is 5.92 Å². The maximum absolute atomic E-state index is 2.68. The van der Waals surface area contributed by atoms with Gasteiger partial charge in [0.15, 0.2) is 0 Å². The van der Waals surface area contributed by atoms with E-state index in [0.717, 1.165) is 23.9 Å². The number of nitrogens with zero attached hydrogens (tertiary/aromatic N) is 1. The number of rotatable bonds is 3. The molecule has 2 bridgehead atoms. The van der Waals surface area contributed by atoms with Crippen molar-refractivity contribution in [2.45, 2.75) is 57.0 Å². The van der Waals surface area contributed by atoms with Crippen molar-refractivity contribution < 1.29 is 0 Å². The summed E-state index contributed by atoms with van der Waals surface area (Å²) >= 11 is 0. The lowest BCUT2D eigenvalue weighted by Gasteiger charge is -2.43. The Morgan fingerprint density at radius 2 is 1.94 bits per heavy atom. The summed E-state index contributed by atoms with van der Waals surface area (Å²) in [4.78, 5) is 2.68. The SMILES string of the molecule is CCC[C@H]1[C@@H](c2ccccc2)C[C@@H]2CC[C@H]1N2C. The van der Waals surface area contributed by atoms with Crippen molar-refractivity contribution in [2.75, 3.05) is 7.05 Å². The molecule has 1 heteroatoms. The van der Waals surface area contributed by atoms with E-state index >= 15 is 0 Å². The fraction of sp³-hybridized carbons (Fsp3) is 0.647. The van der Waals surface area contributed by atoms with Gasteiger partial charge in [0, 0.05) is 12.1 Å². The normalized spacial score (nSPS) is 35.9. The molecule has 0 spiro atoms. The Morgan fingerprint density at radius 3 is 2.67 bits per heavy atom. The van der Waals surface area contributed by atoms with Crippen LogP contribution in [-0.2, 0) is 0 Å². The van der Waals surface area contributed by atoms with Gasteiger partial charge in [0.25, 0.3) is 0 Å². The number of piperidine rings is 1. The molecule has 2 aliphatic rings. The summed E-state index contributed by atoms with van der Waals surface area (Å²) in [6.07, 6.45) is 6.94. The van der Waals surface area contributed by atoms with E-state index < -0.39 is 0 Å². The summed E-state index contributed by atoms with van der Waals surface area (Å²) < 4.78 is 0. The lowest BCUT2D eigenvalue weighted by Crippen LogP contribution is -2.45. The van der Waals surface area contributed by atoms with E-state index in [1.54, 1.807) is 5.56 Å². The van der Waals surface area contributed by atoms with Crippen LogP contribution < -0.4 is 0 Å². The van der Waals surface area contributed by atoms with Crippen molar-refractivity contribution in [3.63, 3.8) is 0 Å².